The Morgan fingerprint density at radius 3 is 2.79 bits per heavy atom. The minimum Gasteiger partial charge on any atom is -0.481 e. The Morgan fingerprint density at radius 1 is 1.38 bits per heavy atom. The first-order valence-corrected chi connectivity index (χ1v) is 8.10. The smallest absolute Gasteiger partial charge is 0.322 e. The maximum absolute atomic E-state index is 12.4. The zero-order valence-corrected chi connectivity index (χ0v) is 14.1. The summed E-state index contributed by atoms with van der Waals surface area (Å²) in [6.45, 7) is 2.85. The van der Waals surface area contributed by atoms with E-state index in [4.69, 9.17) is 16.7 Å². The van der Waals surface area contributed by atoms with Gasteiger partial charge in [-0.2, -0.15) is 0 Å². The van der Waals surface area contributed by atoms with Crippen molar-refractivity contribution >= 4 is 35.2 Å². The molecule has 2 rings (SSSR count). The first-order chi connectivity index (χ1) is 11.4. The lowest BCUT2D eigenvalue weighted by atomic mass is 10.1. The first-order valence-electron chi connectivity index (χ1n) is 7.72. The zero-order chi connectivity index (χ0) is 17.7. The highest BCUT2D eigenvalue weighted by molar-refractivity contribution is 6.30. The van der Waals surface area contributed by atoms with E-state index >= 15 is 0 Å². The van der Waals surface area contributed by atoms with E-state index in [2.05, 4.69) is 5.32 Å². The van der Waals surface area contributed by atoms with Gasteiger partial charge in [-0.05, 0) is 31.5 Å². The van der Waals surface area contributed by atoms with Crippen molar-refractivity contribution in [3.63, 3.8) is 0 Å². The fourth-order valence-corrected chi connectivity index (χ4v) is 2.80. The lowest BCUT2D eigenvalue weighted by molar-refractivity contribution is -0.141. The van der Waals surface area contributed by atoms with Crippen LogP contribution in [0.3, 0.4) is 0 Å². The Balaban J connectivity index is 1.92. The zero-order valence-electron chi connectivity index (χ0n) is 13.4. The highest BCUT2D eigenvalue weighted by Crippen LogP contribution is 2.18. The number of piperazine rings is 1. The summed E-state index contributed by atoms with van der Waals surface area (Å²) in [6, 6.07) is 5.84. The molecule has 130 valence electrons. The number of aliphatic carboxylic acids is 1. The third kappa shape index (κ3) is 4.61. The summed E-state index contributed by atoms with van der Waals surface area (Å²) in [5.74, 6) is -1.05. The molecule has 1 aromatic carbocycles. The fraction of sp³-hybridized carbons (Fsp3) is 0.438. The number of carboxylic acid groups (broad SMARTS) is 1. The molecule has 1 aliphatic heterocycles. The average molecular weight is 354 g/mol. The van der Waals surface area contributed by atoms with Gasteiger partial charge in [0.2, 0.25) is 5.91 Å². The molecule has 0 unspecified atom stereocenters. The van der Waals surface area contributed by atoms with Gasteiger partial charge in [0.05, 0.1) is 0 Å². The van der Waals surface area contributed by atoms with Gasteiger partial charge in [-0.3, -0.25) is 9.59 Å². The van der Waals surface area contributed by atoms with Gasteiger partial charge in [0.25, 0.3) is 0 Å². The van der Waals surface area contributed by atoms with Crippen LogP contribution in [-0.2, 0) is 9.59 Å². The van der Waals surface area contributed by atoms with Crippen LogP contribution < -0.4 is 5.32 Å². The molecule has 1 fully saturated rings. The van der Waals surface area contributed by atoms with Crippen LogP contribution in [0.25, 0.3) is 0 Å². The van der Waals surface area contributed by atoms with Gasteiger partial charge in [-0.25, -0.2) is 4.79 Å². The number of anilines is 1. The van der Waals surface area contributed by atoms with Crippen molar-refractivity contribution in [1.82, 2.24) is 9.80 Å². The van der Waals surface area contributed by atoms with Crippen molar-refractivity contribution in [2.24, 2.45) is 0 Å². The van der Waals surface area contributed by atoms with Crippen LogP contribution in [0.2, 0.25) is 5.02 Å². The molecular formula is C16H20ClN3O4. The number of halogens is 1. The highest BCUT2D eigenvalue weighted by Gasteiger charge is 2.34. The Labute approximate surface area is 145 Å². The number of hydrogen-bond acceptors (Lipinski definition) is 3. The molecule has 1 atom stereocenters. The summed E-state index contributed by atoms with van der Waals surface area (Å²) in [7, 11) is 0. The minimum atomic E-state index is -0.880. The molecule has 0 radical (unpaired) electrons. The van der Waals surface area contributed by atoms with E-state index < -0.39 is 12.0 Å². The summed E-state index contributed by atoms with van der Waals surface area (Å²) in [6.07, 6.45) is 0.430. The van der Waals surface area contributed by atoms with Gasteiger partial charge in [0.15, 0.2) is 0 Å². The number of nitrogens with zero attached hydrogens (tertiary/aromatic N) is 2. The molecule has 2 N–H and O–H groups in total. The molecule has 0 spiro atoms. The quantitative estimate of drug-likeness (QED) is 0.849. The third-order valence-corrected chi connectivity index (χ3v) is 4.14. The van der Waals surface area contributed by atoms with Crippen LogP contribution in [-0.4, -0.2) is 58.5 Å². The van der Waals surface area contributed by atoms with Gasteiger partial charge in [-0.1, -0.05) is 17.7 Å². The van der Waals surface area contributed by atoms with E-state index in [0.29, 0.717) is 36.8 Å². The lowest BCUT2D eigenvalue weighted by Gasteiger charge is -2.39. The Bertz CT molecular complexity index is 638. The Morgan fingerprint density at radius 2 is 2.12 bits per heavy atom. The minimum absolute atomic E-state index is 0.0249. The van der Waals surface area contributed by atoms with E-state index in [1.165, 1.54) is 4.90 Å². The van der Waals surface area contributed by atoms with E-state index in [1.807, 2.05) is 0 Å². The van der Waals surface area contributed by atoms with Crippen molar-refractivity contribution in [3.05, 3.63) is 29.3 Å². The van der Waals surface area contributed by atoms with Crippen LogP contribution in [0, 0.1) is 0 Å². The Kier molecular flexibility index (Phi) is 6.03. The number of carbonyl (C=O) groups is 3. The van der Waals surface area contributed by atoms with Crippen molar-refractivity contribution < 1.29 is 19.5 Å². The number of carboxylic acids is 1. The predicted molar refractivity (Wildman–Crippen MR) is 90.1 cm³/mol. The van der Waals surface area contributed by atoms with Crippen molar-refractivity contribution in [2.75, 3.05) is 25.0 Å². The second-order valence-electron chi connectivity index (χ2n) is 5.63. The Hall–Kier alpha value is -2.28. The monoisotopic (exact) mass is 353 g/mol. The molecule has 0 saturated carbocycles. The molecule has 1 saturated heterocycles. The summed E-state index contributed by atoms with van der Waals surface area (Å²) in [4.78, 5) is 38.4. The van der Waals surface area contributed by atoms with Crippen LogP contribution in [0.4, 0.5) is 10.5 Å². The van der Waals surface area contributed by atoms with E-state index in [9.17, 15) is 14.4 Å². The summed E-state index contributed by atoms with van der Waals surface area (Å²) < 4.78 is 0. The molecule has 7 nitrogen and oxygen atoms in total. The molecule has 3 amide bonds. The highest BCUT2D eigenvalue weighted by atomic mass is 35.5. The molecule has 1 aromatic rings. The standard InChI is InChI=1S/C16H20ClN3O4/c1-11-15(23)19(7-3-6-14(21)22)8-9-20(11)16(24)18-13-5-2-4-12(17)10-13/h2,4-5,10-11H,3,6-9H2,1H3,(H,18,24)(H,21,22)/t11-/m0/s1. The lowest BCUT2D eigenvalue weighted by Crippen LogP contribution is -2.58. The van der Waals surface area contributed by atoms with E-state index in [1.54, 1.807) is 36.1 Å². The molecule has 0 bridgehead atoms. The van der Waals surface area contributed by atoms with E-state index in [0.717, 1.165) is 0 Å². The van der Waals surface area contributed by atoms with Gasteiger partial charge in [0, 0.05) is 36.8 Å². The molecule has 1 aliphatic rings. The number of amides is 3. The number of hydrogen-bond donors (Lipinski definition) is 2. The summed E-state index contributed by atoms with van der Waals surface area (Å²) in [5.41, 5.74) is 0.566. The normalized spacial score (nSPS) is 17.8. The molecule has 24 heavy (non-hydrogen) atoms. The average Bonchev–Trinajstić information content (AvgIpc) is 2.51. The van der Waals surface area contributed by atoms with Gasteiger partial charge >= 0.3 is 12.0 Å². The van der Waals surface area contributed by atoms with Gasteiger partial charge in [-0.15, -0.1) is 0 Å². The second kappa shape index (κ2) is 8.01. The molecule has 1 heterocycles. The van der Waals surface area contributed by atoms with Gasteiger partial charge < -0.3 is 20.2 Å². The second-order valence-corrected chi connectivity index (χ2v) is 6.07. The van der Waals surface area contributed by atoms with Gasteiger partial charge in [0.1, 0.15) is 6.04 Å². The molecule has 0 aromatic heterocycles. The maximum atomic E-state index is 12.4. The van der Waals surface area contributed by atoms with Crippen LogP contribution >= 0.6 is 11.6 Å². The molecular weight excluding hydrogens is 334 g/mol. The van der Waals surface area contributed by atoms with Crippen molar-refractivity contribution in [3.8, 4) is 0 Å². The molecule has 0 aliphatic carbocycles. The molecule has 8 heteroatoms. The van der Waals surface area contributed by atoms with Crippen LogP contribution in [0.5, 0.6) is 0 Å². The number of nitrogens with one attached hydrogen (secondary N) is 1. The maximum Gasteiger partial charge on any atom is 0.322 e. The van der Waals surface area contributed by atoms with Crippen molar-refractivity contribution in [2.45, 2.75) is 25.8 Å². The SMILES string of the molecule is C[C@H]1C(=O)N(CCCC(=O)O)CCN1C(=O)Nc1cccc(Cl)c1. The first kappa shape index (κ1) is 18.1. The topological polar surface area (TPSA) is 90.0 Å². The predicted octanol–water partition coefficient (Wildman–Crippen LogP) is 2.27. The third-order valence-electron chi connectivity index (χ3n) is 3.90. The van der Waals surface area contributed by atoms with E-state index in [-0.39, 0.29) is 18.4 Å². The van der Waals surface area contributed by atoms with Crippen molar-refractivity contribution in [1.29, 1.82) is 0 Å². The largest absolute Gasteiger partial charge is 0.481 e. The fourth-order valence-electron chi connectivity index (χ4n) is 2.61. The van der Waals surface area contributed by atoms with Crippen LogP contribution in [0.15, 0.2) is 24.3 Å². The number of rotatable bonds is 5. The summed E-state index contributed by atoms with van der Waals surface area (Å²) >= 11 is 5.89. The summed E-state index contributed by atoms with van der Waals surface area (Å²) in [5, 5.41) is 11.9. The van der Waals surface area contributed by atoms with Crippen LogP contribution in [0.1, 0.15) is 19.8 Å². The number of carbonyl (C=O) groups excluding carboxylic acids is 2. The number of urea groups is 1. The number of benzene rings is 1.